The normalized spacial score (nSPS) is 10.8. The smallest absolute Gasteiger partial charge is 0.155 e. The Hall–Kier alpha value is -0.740. The van der Waals surface area contributed by atoms with E-state index in [1.807, 2.05) is 0 Å². The van der Waals surface area contributed by atoms with Crippen LogP contribution in [0, 0.1) is 0 Å². The second-order valence-corrected chi connectivity index (χ2v) is 2.06. The molecular formula is C7H12O4. The van der Waals surface area contributed by atoms with Crippen LogP contribution in [0.4, 0.5) is 0 Å². The van der Waals surface area contributed by atoms with Crippen LogP contribution >= 0.6 is 0 Å². The lowest BCUT2D eigenvalue weighted by molar-refractivity contribution is -0.133. The van der Waals surface area contributed by atoms with Crippen LogP contribution in [-0.2, 0) is 19.1 Å². The maximum Gasteiger partial charge on any atom is 0.155 e. The number of ether oxygens (including phenoxy) is 2. The number of rotatable bonds is 6. The molecule has 4 heteroatoms. The van der Waals surface area contributed by atoms with Crippen molar-refractivity contribution in [3.05, 3.63) is 0 Å². The number of hydrogen-bond donors (Lipinski definition) is 0. The topological polar surface area (TPSA) is 52.6 Å². The molecule has 0 aliphatic carbocycles. The number of Topliss-reactive ketones (excluding diaryl/α,β-unsaturated/α-hetero) is 2. The van der Waals surface area contributed by atoms with Gasteiger partial charge in [0.05, 0.1) is 0 Å². The van der Waals surface area contributed by atoms with Crippen LogP contribution in [0.2, 0.25) is 0 Å². The van der Waals surface area contributed by atoms with Gasteiger partial charge in [-0.1, -0.05) is 0 Å². The zero-order valence-electron chi connectivity index (χ0n) is 7.46. The lowest BCUT2D eigenvalue weighted by Crippen LogP contribution is -2.10. The van der Waals surface area contributed by atoms with Gasteiger partial charge in [0.1, 0.15) is 20.0 Å². The molecule has 64 valence electrons. The first-order chi connectivity index (χ1) is 5.66. The van der Waals surface area contributed by atoms with E-state index in [0.29, 0.717) is 0 Å². The third-order valence-electron chi connectivity index (χ3n) is 0.735. The summed E-state index contributed by atoms with van der Waals surface area (Å²) >= 11 is 0. The Labute approximate surface area is 66.9 Å². The van der Waals surface area contributed by atoms with Crippen LogP contribution in [0.25, 0.3) is 0 Å². The van der Waals surface area contributed by atoms with E-state index >= 15 is 0 Å². The molecule has 0 saturated heterocycles. The van der Waals surface area contributed by atoms with Gasteiger partial charge in [0.2, 0.25) is 0 Å². The van der Waals surface area contributed by atoms with Gasteiger partial charge in [-0.2, -0.15) is 0 Å². The molecule has 0 radical (unpaired) electrons. The van der Waals surface area contributed by atoms with Crippen molar-refractivity contribution in [2.75, 3.05) is 20.0 Å². The van der Waals surface area contributed by atoms with E-state index in [1.165, 1.54) is 6.92 Å². The van der Waals surface area contributed by atoms with E-state index in [1.54, 1.807) is 0 Å². The minimum Gasteiger partial charge on any atom is -0.348 e. The fraction of sp³-hybridized carbons (Fsp3) is 0.714. The van der Waals surface area contributed by atoms with Crippen LogP contribution in [-0.4, -0.2) is 31.6 Å². The zero-order valence-corrected chi connectivity index (χ0v) is 6.46. The minimum atomic E-state index is -0.304. The fourth-order valence-electron chi connectivity index (χ4n) is 0.400. The van der Waals surface area contributed by atoms with Gasteiger partial charge in [-0.05, 0) is 13.8 Å². The summed E-state index contributed by atoms with van der Waals surface area (Å²) in [5.41, 5.74) is 0. The Morgan fingerprint density at radius 3 is 2.27 bits per heavy atom. The SMILES string of the molecule is [3H]CC(=O)COCOCC(C)=O. The standard InChI is InChI=1S/C7H12O4/c1-6(8)3-10-5-11-4-7(2)9/h3-5H2,1-2H3/i1T. The molecular weight excluding hydrogens is 148 g/mol. The van der Waals surface area contributed by atoms with Crippen molar-refractivity contribution in [2.24, 2.45) is 0 Å². The molecule has 0 aromatic heterocycles. The largest absolute Gasteiger partial charge is 0.348 e. The molecule has 0 spiro atoms. The second kappa shape index (κ2) is 6.00. The van der Waals surface area contributed by atoms with Crippen molar-refractivity contribution in [1.82, 2.24) is 0 Å². The fourth-order valence-corrected chi connectivity index (χ4v) is 0.400. The molecule has 4 nitrogen and oxygen atoms in total. The average Bonchev–Trinajstić information content (AvgIpc) is 2.03. The predicted octanol–water partition coefficient (Wildman–Crippen LogP) is 0.155. The number of hydrogen-bond acceptors (Lipinski definition) is 4. The molecule has 0 aliphatic heterocycles. The first-order valence-corrected chi connectivity index (χ1v) is 3.12. The number of ketones is 2. The van der Waals surface area contributed by atoms with Gasteiger partial charge in [0, 0.05) is 1.37 Å². The van der Waals surface area contributed by atoms with E-state index in [9.17, 15) is 9.59 Å². The molecule has 0 unspecified atom stereocenters. The third-order valence-corrected chi connectivity index (χ3v) is 0.735. The third kappa shape index (κ3) is 9.26. The molecule has 0 N–H and O–H groups in total. The van der Waals surface area contributed by atoms with Gasteiger partial charge in [-0.3, -0.25) is 9.59 Å². The quantitative estimate of drug-likeness (QED) is 0.412. The Kier molecular flexibility index (Phi) is 4.56. The highest BCUT2D eigenvalue weighted by atomic mass is 16.7. The molecule has 0 atom stereocenters. The van der Waals surface area contributed by atoms with Crippen LogP contribution < -0.4 is 0 Å². The molecule has 11 heavy (non-hydrogen) atoms. The summed E-state index contributed by atoms with van der Waals surface area (Å²) in [7, 11) is 0. The van der Waals surface area contributed by atoms with Crippen molar-refractivity contribution in [1.29, 1.82) is 0 Å². The summed E-state index contributed by atoms with van der Waals surface area (Å²) in [6, 6.07) is 0. The Bertz CT molecular complexity index is 157. The maximum absolute atomic E-state index is 10.5. The van der Waals surface area contributed by atoms with Crippen LogP contribution in [0.5, 0.6) is 0 Å². The molecule has 0 aromatic carbocycles. The molecule has 0 rings (SSSR count). The molecule has 0 bridgehead atoms. The molecule has 0 heterocycles. The monoisotopic (exact) mass is 162 g/mol. The van der Waals surface area contributed by atoms with Crippen molar-refractivity contribution < 1.29 is 20.4 Å². The summed E-state index contributed by atoms with van der Waals surface area (Å²) < 4.78 is 16.0. The van der Waals surface area contributed by atoms with Crippen molar-refractivity contribution in [3.63, 3.8) is 0 Å². The number of carbonyl (C=O) groups excluding carboxylic acids is 2. The Morgan fingerprint density at radius 2 is 1.82 bits per heavy atom. The van der Waals surface area contributed by atoms with E-state index in [4.69, 9.17) is 10.8 Å². The van der Waals surface area contributed by atoms with Gasteiger partial charge >= 0.3 is 0 Å². The summed E-state index contributed by atoms with van der Waals surface area (Å²) in [5.74, 6) is -0.396. The highest BCUT2D eigenvalue weighted by molar-refractivity contribution is 5.77. The summed E-state index contributed by atoms with van der Waals surface area (Å²) in [6.07, 6.45) is 0. The van der Waals surface area contributed by atoms with Crippen molar-refractivity contribution >= 4 is 11.6 Å². The summed E-state index contributed by atoms with van der Waals surface area (Å²) in [5, 5.41) is 0. The zero-order chi connectivity index (χ0) is 9.40. The highest BCUT2D eigenvalue weighted by Crippen LogP contribution is 1.80. The first kappa shape index (κ1) is 8.36. The van der Waals surface area contributed by atoms with Gasteiger partial charge in [0.15, 0.2) is 11.6 Å². The average molecular weight is 162 g/mol. The van der Waals surface area contributed by atoms with Crippen molar-refractivity contribution in [2.45, 2.75) is 13.8 Å². The highest BCUT2D eigenvalue weighted by Gasteiger charge is 1.94. The summed E-state index contributed by atoms with van der Waals surface area (Å²) in [4.78, 5) is 20.8. The molecule has 0 fully saturated rings. The van der Waals surface area contributed by atoms with E-state index < -0.39 is 0 Å². The predicted molar refractivity (Wildman–Crippen MR) is 38.1 cm³/mol. The van der Waals surface area contributed by atoms with E-state index in [0.717, 1.165) is 0 Å². The van der Waals surface area contributed by atoms with Gasteiger partial charge < -0.3 is 9.47 Å². The molecule has 0 saturated carbocycles. The lowest BCUT2D eigenvalue weighted by atomic mass is 10.5. The van der Waals surface area contributed by atoms with Gasteiger partial charge in [-0.15, -0.1) is 0 Å². The summed E-state index contributed by atoms with van der Waals surface area (Å²) in [6.45, 7) is 0.906. The first-order valence-electron chi connectivity index (χ1n) is 3.83. The molecule has 0 amide bonds. The Balaban J connectivity index is 3.11. The Morgan fingerprint density at radius 1 is 1.27 bits per heavy atom. The maximum atomic E-state index is 10.5. The van der Waals surface area contributed by atoms with Crippen LogP contribution in [0.15, 0.2) is 0 Å². The lowest BCUT2D eigenvalue weighted by Gasteiger charge is -2.00. The van der Waals surface area contributed by atoms with Crippen molar-refractivity contribution in [3.8, 4) is 0 Å². The molecule has 0 aromatic rings. The number of carbonyl (C=O) groups is 2. The van der Waals surface area contributed by atoms with E-state index in [-0.39, 0.29) is 38.5 Å². The van der Waals surface area contributed by atoms with Crippen LogP contribution in [0.3, 0.4) is 0 Å². The van der Waals surface area contributed by atoms with Gasteiger partial charge in [-0.25, -0.2) is 0 Å². The second-order valence-electron chi connectivity index (χ2n) is 2.06. The molecule has 0 aliphatic rings. The van der Waals surface area contributed by atoms with E-state index in [2.05, 4.69) is 0 Å². The minimum absolute atomic E-state index is 0.00490. The van der Waals surface area contributed by atoms with Crippen LogP contribution in [0.1, 0.15) is 15.2 Å². The van der Waals surface area contributed by atoms with Gasteiger partial charge in [0.25, 0.3) is 0 Å².